The van der Waals surface area contributed by atoms with Crippen molar-refractivity contribution >= 4 is 23.6 Å². The molecule has 4 heterocycles. The lowest BCUT2D eigenvalue weighted by atomic mass is 9.90. The summed E-state index contributed by atoms with van der Waals surface area (Å²) in [5, 5.41) is 13.8. The van der Waals surface area contributed by atoms with Crippen LogP contribution in [0.1, 0.15) is 140 Å². The smallest absolute Gasteiger partial charge is 0.273 e. The Morgan fingerprint density at radius 1 is 0.736 bits per heavy atom. The van der Waals surface area contributed by atoms with Gasteiger partial charge in [-0.25, -0.2) is 0 Å². The maximum Gasteiger partial charge on any atom is 0.273 e. The van der Waals surface area contributed by atoms with E-state index in [1.807, 2.05) is 23.6 Å². The summed E-state index contributed by atoms with van der Waals surface area (Å²) in [7, 11) is 0. The zero-order valence-corrected chi connectivity index (χ0v) is 31.6. The Labute approximate surface area is 312 Å². The molecule has 3 aromatic rings. The maximum atomic E-state index is 12.6. The lowest BCUT2D eigenvalue weighted by Gasteiger charge is -2.35. The molecular weight excluding hydrogens is 672 g/mol. The zero-order valence-electron chi connectivity index (χ0n) is 31.6. The molecular formula is C41H56N6O6. The summed E-state index contributed by atoms with van der Waals surface area (Å²) < 4.78 is 10.5. The van der Waals surface area contributed by atoms with Crippen molar-refractivity contribution < 1.29 is 28.2 Å². The van der Waals surface area contributed by atoms with Gasteiger partial charge in [-0.2, -0.15) is 0 Å². The van der Waals surface area contributed by atoms with E-state index in [0.717, 1.165) is 102 Å². The SMILES string of the molecule is CCC(=O)N1CCC(C(C)NC(=O)c2cc(C3CC3)on2)CC1.CCc1ccc(CCC(=O)N2CCC(CNC(=O)c3cc(C4CC4)on3)CC2)cc1. The molecule has 286 valence electrons. The summed E-state index contributed by atoms with van der Waals surface area (Å²) in [4.78, 5) is 52.7. The van der Waals surface area contributed by atoms with E-state index in [4.69, 9.17) is 9.05 Å². The zero-order chi connectivity index (χ0) is 37.3. The summed E-state index contributed by atoms with van der Waals surface area (Å²) >= 11 is 0. The van der Waals surface area contributed by atoms with Gasteiger partial charge in [0.05, 0.1) is 0 Å². The number of piperidine rings is 2. The lowest BCUT2D eigenvalue weighted by Crippen LogP contribution is -2.45. The summed E-state index contributed by atoms with van der Waals surface area (Å²) in [6.07, 6.45) is 11.1. The Morgan fingerprint density at radius 3 is 1.81 bits per heavy atom. The highest BCUT2D eigenvalue weighted by Gasteiger charge is 2.31. The minimum atomic E-state index is -0.168. The first-order valence-corrected chi connectivity index (χ1v) is 19.9. The van der Waals surface area contributed by atoms with E-state index < -0.39 is 0 Å². The Hall–Kier alpha value is -4.48. The van der Waals surface area contributed by atoms with Crippen molar-refractivity contribution in [3.8, 4) is 0 Å². The molecule has 2 aromatic heterocycles. The van der Waals surface area contributed by atoms with E-state index in [2.05, 4.69) is 52.1 Å². The van der Waals surface area contributed by atoms with E-state index in [1.165, 1.54) is 11.1 Å². The van der Waals surface area contributed by atoms with Crippen LogP contribution in [0, 0.1) is 11.8 Å². The molecule has 1 unspecified atom stereocenters. The average molecular weight is 729 g/mol. The van der Waals surface area contributed by atoms with Gasteiger partial charge in [0.2, 0.25) is 11.8 Å². The van der Waals surface area contributed by atoms with E-state index in [0.29, 0.717) is 54.4 Å². The normalized spacial score (nSPS) is 18.5. The number of aryl methyl sites for hydroxylation is 2. The van der Waals surface area contributed by atoms with Gasteiger partial charge < -0.3 is 29.5 Å². The van der Waals surface area contributed by atoms with Gasteiger partial charge in [-0.05, 0) is 94.1 Å². The van der Waals surface area contributed by atoms with Gasteiger partial charge in [0.15, 0.2) is 11.4 Å². The number of carbonyl (C=O) groups excluding carboxylic acids is 4. The Balaban J connectivity index is 0.000000188. The number of amides is 4. The van der Waals surface area contributed by atoms with Crippen molar-refractivity contribution in [2.24, 2.45) is 11.8 Å². The molecule has 2 aliphatic carbocycles. The molecule has 53 heavy (non-hydrogen) atoms. The molecule has 1 atom stereocenters. The van der Waals surface area contributed by atoms with E-state index in [1.54, 1.807) is 12.1 Å². The molecule has 0 bridgehead atoms. The highest BCUT2D eigenvalue weighted by atomic mass is 16.5. The van der Waals surface area contributed by atoms with Crippen LogP contribution in [0.4, 0.5) is 0 Å². The molecule has 4 amide bonds. The first-order chi connectivity index (χ1) is 25.7. The summed E-state index contributed by atoms with van der Waals surface area (Å²) in [6.45, 7) is 9.80. The number of carbonyl (C=O) groups is 4. The molecule has 2 aliphatic heterocycles. The van der Waals surface area contributed by atoms with Crippen molar-refractivity contribution in [3.63, 3.8) is 0 Å². The fraction of sp³-hybridized carbons (Fsp3) is 0.610. The second-order valence-corrected chi connectivity index (χ2v) is 15.3. The summed E-state index contributed by atoms with van der Waals surface area (Å²) in [5.41, 5.74) is 3.29. The van der Waals surface area contributed by atoms with Gasteiger partial charge >= 0.3 is 0 Å². The largest absolute Gasteiger partial charge is 0.360 e. The van der Waals surface area contributed by atoms with Gasteiger partial charge in [0.25, 0.3) is 11.8 Å². The summed E-state index contributed by atoms with van der Waals surface area (Å²) in [5.74, 6) is 3.48. The monoisotopic (exact) mass is 728 g/mol. The van der Waals surface area contributed by atoms with Crippen LogP contribution >= 0.6 is 0 Å². The van der Waals surface area contributed by atoms with Gasteiger partial charge in [-0.3, -0.25) is 19.2 Å². The predicted molar refractivity (Wildman–Crippen MR) is 199 cm³/mol. The van der Waals surface area contributed by atoms with Crippen LogP contribution in [0.25, 0.3) is 0 Å². The summed E-state index contributed by atoms with van der Waals surface area (Å²) in [6, 6.07) is 12.2. The van der Waals surface area contributed by atoms with Crippen molar-refractivity contribution in [1.82, 2.24) is 30.7 Å². The van der Waals surface area contributed by atoms with Gasteiger partial charge in [0, 0.05) is 75.6 Å². The number of nitrogens with one attached hydrogen (secondary N) is 2. The second-order valence-electron chi connectivity index (χ2n) is 15.3. The van der Waals surface area contributed by atoms with E-state index in [-0.39, 0.29) is 29.7 Å². The first kappa shape index (κ1) is 38.3. The number of hydrogen-bond acceptors (Lipinski definition) is 8. The number of benzene rings is 1. The molecule has 4 fully saturated rings. The maximum absolute atomic E-state index is 12.6. The molecule has 12 heteroatoms. The van der Waals surface area contributed by atoms with E-state index in [9.17, 15) is 19.2 Å². The van der Waals surface area contributed by atoms with Crippen LogP contribution in [0.2, 0.25) is 0 Å². The number of rotatable bonds is 13. The van der Waals surface area contributed by atoms with E-state index >= 15 is 0 Å². The fourth-order valence-corrected chi connectivity index (χ4v) is 7.25. The van der Waals surface area contributed by atoms with Crippen LogP contribution in [0.15, 0.2) is 45.4 Å². The number of likely N-dealkylation sites (tertiary alicyclic amines) is 2. The molecule has 0 radical (unpaired) electrons. The molecule has 0 spiro atoms. The van der Waals surface area contributed by atoms with Gasteiger partial charge in [-0.15, -0.1) is 0 Å². The van der Waals surface area contributed by atoms with Crippen molar-refractivity contribution in [3.05, 3.63) is 70.4 Å². The molecule has 2 saturated carbocycles. The topological polar surface area (TPSA) is 151 Å². The van der Waals surface area contributed by atoms with Crippen molar-refractivity contribution in [2.75, 3.05) is 32.7 Å². The third kappa shape index (κ3) is 10.8. The number of aromatic nitrogens is 2. The quantitative estimate of drug-likeness (QED) is 0.217. The molecule has 4 aliphatic rings. The third-order valence-electron chi connectivity index (χ3n) is 11.3. The first-order valence-electron chi connectivity index (χ1n) is 19.9. The highest BCUT2D eigenvalue weighted by Crippen LogP contribution is 2.41. The highest BCUT2D eigenvalue weighted by molar-refractivity contribution is 5.92. The average Bonchev–Trinajstić information content (AvgIpc) is 4.13. The Bertz CT molecular complexity index is 1680. The Kier molecular flexibility index (Phi) is 13.0. The third-order valence-corrected chi connectivity index (χ3v) is 11.3. The van der Waals surface area contributed by atoms with Crippen LogP contribution < -0.4 is 10.6 Å². The minimum Gasteiger partial charge on any atom is -0.360 e. The predicted octanol–water partition coefficient (Wildman–Crippen LogP) is 6.03. The molecule has 2 N–H and O–H groups in total. The standard InChI is InChI=1S/C24H31N3O3.C17H25N3O3/c1-2-17-3-5-18(6-4-17)7-10-23(28)27-13-11-19(12-14-27)16-25-24(29)21-15-22(30-26-21)20-8-9-20;1-3-16(21)20-8-6-12(7-9-20)11(2)18-17(22)14-10-15(23-19-14)13-4-5-13/h3-6,15,19-20H,2,7-14,16H2,1H3,(H,25,29);10-13H,3-9H2,1-2H3,(H,18,22). The van der Waals surface area contributed by atoms with Crippen molar-refractivity contribution in [2.45, 2.75) is 116 Å². The number of nitrogens with zero attached hydrogens (tertiary/aromatic N) is 4. The molecule has 2 saturated heterocycles. The lowest BCUT2D eigenvalue weighted by molar-refractivity contribution is -0.133. The molecule has 12 nitrogen and oxygen atoms in total. The Morgan fingerprint density at radius 2 is 1.26 bits per heavy atom. The van der Waals surface area contributed by atoms with Crippen LogP contribution in [0.5, 0.6) is 0 Å². The van der Waals surface area contributed by atoms with Gasteiger partial charge in [0.1, 0.15) is 11.5 Å². The van der Waals surface area contributed by atoms with Crippen molar-refractivity contribution in [1.29, 1.82) is 0 Å². The second kappa shape index (κ2) is 18.0. The van der Waals surface area contributed by atoms with Crippen LogP contribution in [-0.2, 0) is 22.4 Å². The minimum absolute atomic E-state index is 0.0717. The van der Waals surface area contributed by atoms with Crippen LogP contribution in [0.3, 0.4) is 0 Å². The van der Waals surface area contributed by atoms with Crippen LogP contribution in [-0.4, -0.2) is 82.5 Å². The number of hydrogen-bond donors (Lipinski definition) is 2. The molecule has 7 rings (SSSR count). The fourth-order valence-electron chi connectivity index (χ4n) is 7.25. The molecule has 1 aromatic carbocycles. The van der Waals surface area contributed by atoms with Gasteiger partial charge in [-0.1, -0.05) is 48.4 Å².